The van der Waals surface area contributed by atoms with Gasteiger partial charge in [-0.1, -0.05) is 29.8 Å². The number of rotatable bonds is 2. The fraction of sp³-hybridized carbons (Fsp3) is 0.118. The standard InChI is InChI=1S/C17H15ClN2/c1-11-9-15-16(10-12(11)2)20-17(19-15)8-5-13-3-6-14(18)7-4-13/h3-10H,1-2H3,(H,19,20). The van der Waals surface area contributed by atoms with E-state index in [0.717, 1.165) is 27.4 Å². The van der Waals surface area contributed by atoms with Crippen LogP contribution in [-0.4, -0.2) is 9.97 Å². The van der Waals surface area contributed by atoms with Gasteiger partial charge in [0.25, 0.3) is 0 Å². The zero-order valence-corrected chi connectivity index (χ0v) is 12.2. The van der Waals surface area contributed by atoms with Crippen LogP contribution in [0.15, 0.2) is 36.4 Å². The lowest BCUT2D eigenvalue weighted by molar-refractivity contribution is 1.29. The van der Waals surface area contributed by atoms with Crippen molar-refractivity contribution in [1.82, 2.24) is 9.97 Å². The Kier molecular flexibility index (Phi) is 3.33. The number of nitrogens with zero attached hydrogens (tertiary/aromatic N) is 1. The van der Waals surface area contributed by atoms with Crippen molar-refractivity contribution >= 4 is 34.8 Å². The minimum atomic E-state index is 0.747. The molecule has 0 unspecified atom stereocenters. The van der Waals surface area contributed by atoms with E-state index in [1.807, 2.05) is 36.4 Å². The van der Waals surface area contributed by atoms with Gasteiger partial charge in [-0.15, -0.1) is 0 Å². The molecule has 0 atom stereocenters. The Labute approximate surface area is 123 Å². The molecule has 3 heteroatoms. The lowest BCUT2D eigenvalue weighted by atomic mass is 10.1. The highest BCUT2D eigenvalue weighted by Crippen LogP contribution is 2.18. The van der Waals surface area contributed by atoms with Crippen molar-refractivity contribution in [2.45, 2.75) is 13.8 Å². The first kappa shape index (κ1) is 12.9. The summed E-state index contributed by atoms with van der Waals surface area (Å²) in [5.74, 6) is 0.861. The van der Waals surface area contributed by atoms with Gasteiger partial charge in [0, 0.05) is 5.02 Å². The molecular formula is C17H15ClN2. The minimum absolute atomic E-state index is 0.747. The fourth-order valence-electron chi connectivity index (χ4n) is 2.12. The highest BCUT2D eigenvalue weighted by Gasteiger charge is 2.02. The number of imidazole rings is 1. The number of halogens is 1. The van der Waals surface area contributed by atoms with Crippen LogP contribution in [0, 0.1) is 13.8 Å². The molecule has 0 aliphatic rings. The van der Waals surface area contributed by atoms with Gasteiger partial charge in [-0.3, -0.25) is 0 Å². The summed E-state index contributed by atoms with van der Waals surface area (Å²) in [6.45, 7) is 4.21. The maximum atomic E-state index is 5.87. The summed E-state index contributed by atoms with van der Waals surface area (Å²) in [4.78, 5) is 7.90. The van der Waals surface area contributed by atoms with Crippen LogP contribution in [0.3, 0.4) is 0 Å². The molecule has 0 saturated carbocycles. The first-order valence-electron chi connectivity index (χ1n) is 6.52. The van der Waals surface area contributed by atoms with Crippen molar-refractivity contribution in [3.63, 3.8) is 0 Å². The molecule has 100 valence electrons. The smallest absolute Gasteiger partial charge is 0.131 e. The lowest BCUT2D eigenvalue weighted by Gasteiger charge is -1.97. The van der Waals surface area contributed by atoms with Crippen LogP contribution in [0.4, 0.5) is 0 Å². The van der Waals surface area contributed by atoms with Crippen molar-refractivity contribution < 1.29 is 0 Å². The topological polar surface area (TPSA) is 28.7 Å². The van der Waals surface area contributed by atoms with E-state index in [2.05, 4.69) is 35.9 Å². The summed E-state index contributed by atoms with van der Waals surface area (Å²) >= 11 is 5.87. The van der Waals surface area contributed by atoms with Gasteiger partial charge in [0.1, 0.15) is 5.82 Å². The number of aromatic nitrogens is 2. The molecule has 0 aliphatic heterocycles. The first-order chi connectivity index (χ1) is 9.61. The second-order valence-corrected chi connectivity index (χ2v) is 5.40. The van der Waals surface area contributed by atoms with E-state index in [1.54, 1.807) is 0 Å². The van der Waals surface area contributed by atoms with Gasteiger partial charge in [-0.05, 0) is 60.9 Å². The average Bonchev–Trinajstić information content (AvgIpc) is 2.80. The van der Waals surface area contributed by atoms with Crippen molar-refractivity contribution in [3.8, 4) is 0 Å². The molecule has 0 aliphatic carbocycles. The number of benzene rings is 2. The lowest BCUT2D eigenvalue weighted by Crippen LogP contribution is -1.79. The molecule has 1 heterocycles. The number of H-pyrrole nitrogens is 1. The maximum Gasteiger partial charge on any atom is 0.131 e. The molecule has 0 amide bonds. The molecule has 3 rings (SSSR count). The molecule has 2 nitrogen and oxygen atoms in total. The van der Waals surface area contributed by atoms with E-state index < -0.39 is 0 Å². The third-order valence-corrected chi connectivity index (χ3v) is 3.67. The fourth-order valence-corrected chi connectivity index (χ4v) is 2.24. The van der Waals surface area contributed by atoms with Crippen molar-refractivity contribution in [1.29, 1.82) is 0 Å². The van der Waals surface area contributed by atoms with Crippen LogP contribution >= 0.6 is 11.6 Å². The molecule has 3 aromatic rings. The van der Waals surface area contributed by atoms with Crippen LogP contribution in [0.1, 0.15) is 22.5 Å². The molecule has 1 N–H and O–H groups in total. The Morgan fingerprint density at radius 1 is 1.00 bits per heavy atom. The molecule has 2 aromatic carbocycles. The number of fused-ring (bicyclic) bond motifs is 1. The number of aromatic amines is 1. The van der Waals surface area contributed by atoms with E-state index in [4.69, 9.17) is 11.6 Å². The van der Waals surface area contributed by atoms with Crippen molar-refractivity contribution in [2.75, 3.05) is 0 Å². The van der Waals surface area contributed by atoms with E-state index in [0.29, 0.717) is 0 Å². The highest BCUT2D eigenvalue weighted by molar-refractivity contribution is 6.30. The number of aryl methyl sites for hydroxylation is 2. The highest BCUT2D eigenvalue weighted by atomic mass is 35.5. The third kappa shape index (κ3) is 2.61. The van der Waals surface area contributed by atoms with E-state index in [-0.39, 0.29) is 0 Å². The Hall–Kier alpha value is -2.06. The molecule has 20 heavy (non-hydrogen) atoms. The summed E-state index contributed by atoms with van der Waals surface area (Å²) in [5, 5.41) is 0.747. The molecular weight excluding hydrogens is 268 g/mol. The summed E-state index contributed by atoms with van der Waals surface area (Å²) in [6.07, 6.45) is 4.00. The molecule has 0 radical (unpaired) electrons. The summed E-state index contributed by atoms with van der Waals surface area (Å²) in [6, 6.07) is 12.0. The SMILES string of the molecule is Cc1cc2nc(C=Cc3ccc(Cl)cc3)[nH]c2cc1C. The Morgan fingerprint density at radius 3 is 2.45 bits per heavy atom. The predicted molar refractivity (Wildman–Crippen MR) is 85.9 cm³/mol. The average molecular weight is 283 g/mol. The van der Waals surface area contributed by atoms with Crippen LogP contribution in [-0.2, 0) is 0 Å². The van der Waals surface area contributed by atoms with E-state index >= 15 is 0 Å². The summed E-state index contributed by atoms with van der Waals surface area (Å²) in [5.41, 5.74) is 5.71. The van der Waals surface area contributed by atoms with E-state index in [1.165, 1.54) is 11.1 Å². The van der Waals surface area contributed by atoms with Gasteiger partial charge in [-0.25, -0.2) is 4.98 Å². The first-order valence-corrected chi connectivity index (χ1v) is 6.90. The molecule has 0 bridgehead atoms. The largest absolute Gasteiger partial charge is 0.338 e. The molecule has 1 aromatic heterocycles. The Balaban J connectivity index is 1.92. The van der Waals surface area contributed by atoms with Crippen LogP contribution in [0.5, 0.6) is 0 Å². The zero-order valence-electron chi connectivity index (χ0n) is 11.4. The van der Waals surface area contributed by atoms with Gasteiger partial charge in [-0.2, -0.15) is 0 Å². The second-order valence-electron chi connectivity index (χ2n) is 4.96. The van der Waals surface area contributed by atoms with E-state index in [9.17, 15) is 0 Å². The molecule has 0 spiro atoms. The van der Waals surface area contributed by atoms with Gasteiger partial charge in [0.15, 0.2) is 0 Å². The monoisotopic (exact) mass is 282 g/mol. The van der Waals surface area contributed by atoms with Gasteiger partial charge in [0.05, 0.1) is 11.0 Å². The second kappa shape index (κ2) is 5.14. The molecule has 0 saturated heterocycles. The normalized spacial score (nSPS) is 11.6. The van der Waals surface area contributed by atoms with Crippen LogP contribution in [0.2, 0.25) is 5.02 Å². The summed E-state index contributed by atoms with van der Waals surface area (Å²) < 4.78 is 0. The van der Waals surface area contributed by atoms with Crippen molar-refractivity contribution in [2.24, 2.45) is 0 Å². The maximum absolute atomic E-state index is 5.87. The van der Waals surface area contributed by atoms with Crippen molar-refractivity contribution in [3.05, 3.63) is 63.9 Å². The number of hydrogen-bond acceptors (Lipinski definition) is 1. The quantitative estimate of drug-likeness (QED) is 0.704. The Morgan fingerprint density at radius 2 is 1.70 bits per heavy atom. The number of hydrogen-bond donors (Lipinski definition) is 1. The van der Waals surface area contributed by atoms with Crippen LogP contribution in [0.25, 0.3) is 23.2 Å². The van der Waals surface area contributed by atoms with Gasteiger partial charge >= 0.3 is 0 Å². The Bertz CT molecular complexity index is 744. The van der Waals surface area contributed by atoms with Crippen LogP contribution < -0.4 is 0 Å². The minimum Gasteiger partial charge on any atom is -0.338 e. The third-order valence-electron chi connectivity index (χ3n) is 3.42. The summed E-state index contributed by atoms with van der Waals surface area (Å²) in [7, 11) is 0. The van der Waals surface area contributed by atoms with Gasteiger partial charge < -0.3 is 4.98 Å². The predicted octanol–water partition coefficient (Wildman–Crippen LogP) is 5.00. The number of nitrogens with one attached hydrogen (secondary N) is 1. The van der Waals surface area contributed by atoms with Gasteiger partial charge in [0.2, 0.25) is 0 Å². The zero-order chi connectivity index (χ0) is 14.1. The molecule has 0 fully saturated rings.